The van der Waals surface area contributed by atoms with Gasteiger partial charge in [-0.15, -0.1) is 0 Å². The van der Waals surface area contributed by atoms with Gasteiger partial charge in [-0.25, -0.2) is 0 Å². The van der Waals surface area contributed by atoms with Crippen LogP contribution in [0.3, 0.4) is 0 Å². The maximum atomic E-state index is 9.96. The van der Waals surface area contributed by atoms with Crippen molar-refractivity contribution in [2.45, 2.75) is 18.9 Å². The topological polar surface area (TPSA) is 65.6 Å². The molecule has 0 aromatic rings. The summed E-state index contributed by atoms with van der Waals surface area (Å²) >= 11 is 0. The van der Waals surface area contributed by atoms with Crippen molar-refractivity contribution >= 4 is 6.41 Å². The van der Waals surface area contributed by atoms with E-state index in [4.69, 9.17) is 4.74 Å². The average Bonchev–Trinajstić information content (AvgIpc) is 2.44. The van der Waals surface area contributed by atoms with Gasteiger partial charge in [0.2, 0.25) is 6.41 Å². The third-order valence-electron chi connectivity index (χ3n) is 3.02. The van der Waals surface area contributed by atoms with Gasteiger partial charge in [0.25, 0.3) is 0 Å². The molecular formula is C13H30N4O2. The van der Waals surface area contributed by atoms with Gasteiger partial charge >= 0.3 is 0 Å². The second-order valence-corrected chi connectivity index (χ2v) is 4.59. The zero-order chi connectivity index (χ0) is 14.3. The molecule has 0 radical (unpaired) electrons. The average molecular weight is 274 g/mol. The molecule has 1 rings (SSSR count). The number of likely N-dealkylation sites (tertiary alicyclic amines) is 1. The molecule has 1 aliphatic rings. The van der Waals surface area contributed by atoms with E-state index in [1.165, 1.54) is 12.8 Å². The molecule has 0 bridgehead atoms. The smallest absolute Gasteiger partial charge is 0.207 e. The summed E-state index contributed by atoms with van der Waals surface area (Å²) < 4.78 is 5.41. The first kappa shape index (κ1) is 18.3. The Morgan fingerprint density at radius 1 is 1.21 bits per heavy atom. The zero-order valence-corrected chi connectivity index (χ0v) is 12.6. The van der Waals surface area contributed by atoms with Crippen LogP contribution in [0.1, 0.15) is 12.8 Å². The highest BCUT2D eigenvalue weighted by molar-refractivity contribution is 5.45. The summed E-state index contributed by atoms with van der Waals surface area (Å²) in [5, 5.41) is 8.64. The van der Waals surface area contributed by atoms with Gasteiger partial charge in [-0.1, -0.05) is 0 Å². The lowest BCUT2D eigenvalue weighted by Crippen LogP contribution is -2.42. The highest BCUT2D eigenvalue weighted by Crippen LogP contribution is 2.08. The quantitative estimate of drug-likeness (QED) is 0.402. The Labute approximate surface area is 117 Å². The molecule has 19 heavy (non-hydrogen) atoms. The van der Waals surface area contributed by atoms with E-state index in [2.05, 4.69) is 20.9 Å². The van der Waals surface area contributed by atoms with E-state index >= 15 is 0 Å². The van der Waals surface area contributed by atoms with E-state index in [0.29, 0.717) is 25.6 Å². The first-order valence-electron chi connectivity index (χ1n) is 7.01. The number of hydrogen-bond acceptors (Lipinski definition) is 5. The van der Waals surface area contributed by atoms with Gasteiger partial charge in [-0.2, -0.15) is 0 Å². The van der Waals surface area contributed by atoms with Gasteiger partial charge in [0, 0.05) is 19.1 Å². The van der Waals surface area contributed by atoms with Crippen molar-refractivity contribution in [3.63, 3.8) is 0 Å². The van der Waals surface area contributed by atoms with Gasteiger partial charge in [0.1, 0.15) is 0 Å². The Balaban J connectivity index is 0.000000982. The van der Waals surface area contributed by atoms with Gasteiger partial charge in [0.05, 0.1) is 13.2 Å². The van der Waals surface area contributed by atoms with Crippen molar-refractivity contribution in [2.75, 3.05) is 60.5 Å². The summed E-state index contributed by atoms with van der Waals surface area (Å²) in [5.41, 5.74) is 0. The molecule has 3 N–H and O–H groups in total. The van der Waals surface area contributed by atoms with Crippen LogP contribution in [0, 0.1) is 0 Å². The standard InChI is InChI=1S/C11H23N3O2.C2H7N/c1-12-11-2-5-14(6-3-11)7-9-16-8-4-13-10-15;1-3-2/h10-12H,2-9H2,1H3,(H,13,15);3H,1-2H3. The highest BCUT2D eigenvalue weighted by atomic mass is 16.5. The SMILES string of the molecule is CNC.CNC1CCN(CCOCCNC=O)CC1. The van der Waals surface area contributed by atoms with Gasteiger partial charge in [-0.3, -0.25) is 4.79 Å². The summed E-state index contributed by atoms with van der Waals surface area (Å²) in [6.45, 7) is 5.27. The van der Waals surface area contributed by atoms with Crippen LogP contribution in [0.4, 0.5) is 0 Å². The predicted octanol–water partition coefficient (Wildman–Crippen LogP) is -0.732. The lowest BCUT2D eigenvalue weighted by atomic mass is 10.1. The van der Waals surface area contributed by atoms with Crippen LogP contribution >= 0.6 is 0 Å². The second kappa shape index (κ2) is 13.7. The van der Waals surface area contributed by atoms with Crippen LogP contribution in [-0.2, 0) is 9.53 Å². The molecule has 0 spiro atoms. The maximum Gasteiger partial charge on any atom is 0.207 e. The molecule has 0 aromatic carbocycles. The molecule has 114 valence electrons. The minimum absolute atomic E-state index is 0.603. The molecule has 6 heteroatoms. The summed E-state index contributed by atoms with van der Waals surface area (Å²) in [6.07, 6.45) is 3.15. The molecule has 0 aromatic heterocycles. The fraction of sp³-hybridized carbons (Fsp3) is 0.923. The van der Waals surface area contributed by atoms with E-state index in [1.807, 2.05) is 21.1 Å². The van der Waals surface area contributed by atoms with Crippen LogP contribution in [0.25, 0.3) is 0 Å². The molecule has 0 unspecified atom stereocenters. The lowest BCUT2D eigenvalue weighted by Gasteiger charge is -2.31. The Morgan fingerprint density at radius 3 is 2.37 bits per heavy atom. The fourth-order valence-electron chi connectivity index (χ4n) is 1.93. The van der Waals surface area contributed by atoms with Crippen molar-refractivity contribution in [2.24, 2.45) is 0 Å². The maximum absolute atomic E-state index is 9.96. The van der Waals surface area contributed by atoms with E-state index in [9.17, 15) is 4.79 Å². The van der Waals surface area contributed by atoms with Crippen LogP contribution in [-0.4, -0.2) is 77.9 Å². The molecule has 6 nitrogen and oxygen atoms in total. The van der Waals surface area contributed by atoms with E-state index in [0.717, 1.165) is 26.2 Å². The third-order valence-corrected chi connectivity index (χ3v) is 3.02. The van der Waals surface area contributed by atoms with Crippen LogP contribution in [0.5, 0.6) is 0 Å². The number of rotatable bonds is 8. The fourth-order valence-corrected chi connectivity index (χ4v) is 1.93. The molecule has 1 amide bonds. The van der Waals surface area contributed by atoms with Crippen molar-refractivity contribution in [1.29, 1.82) is 0 Å². The van der Waals surface area contributed by atoms with Crippen LogP contribution in [0.2, 0.25) is 0 Å². The third kappa shape index (κ3) is 10.9. The number of piperidine rings is 1. The van der Waals surface area contributed by atoms with Gasteiger partial charge < -0.3 is 25.6 Å². The Kier molecular flexibility index (Phi) is 13.2. The monoisotopic (exact) mass is 274 g/mol. The number of amides is 1. The van der Waals surface area contributed by atoms with Crippen molar-refractivity contribution in [3.8, 4) is 0 Å². The molecule has 1 fully saturated rings. The molecule has 0 atom stereocenters. The zero-order valence-electron chi connectivity index (χ0n) is 12.6. The number of nitrogens with zero attached hydrogens (tertiary/aromatic N) is 1. The van der Waals surface area contributed by atoms with Gasteiger partial charge in [0.15, 0.2) is 0 Å². The summed E-state index contributed by atoms with van der Waals surface area (Å²) in [6, 6.07) is 0.689. The number of hydrogen-bond donors (Lipinski definition) is 3. The minimum atomic E-state index is 0.603. The number of carbonyl (C=O) groups excluding carboxylic acids is 1. The summed E-state index contributed by atoms with van der Waals surface area (Å²) in [7, 11) is 5.78. The van der Waals surface area contributed by atoms with Crippen LogP contribution < -0.4 is 16.0 Å². The summed E-state index contributed by atoms with van der Waals surface area (Å²) in [5.74, 6) is 0. The van der Waals surface area contributed by atoms with Crippen molar-refractivity contribution in [3.05, 3.63) is 0 Å². The van der Waals surface area contributed by atoms with E-state index in [-0.39, 0.29) is 0 Å². The van der Waals surface area contributed by atoms with Crippen LogP contribution in [0.15, 0.2) is 0 Å². The lowest BCUT2D eigenvalue weighted by molar-refractivity contribution is -0.109. The Hall–Kier alpha value is -0.690. The van der Waals surface area contributed by atoms with Crippen molar-refractivity contribution in [1.82, 2.24) is 20.9 Å². The predicted molar refractivity (Wildman–Crippen MR) is 78.4 cm³/mol. The normalized spacial score (nSPS) is 16.6. The highest BCUT2D eigenvalue weighted by Gasteiger charge is 2.16. The molecule has 1 heterocycles. The molecule has 0 saturated carbocycles. The first-order chi connectivity index (χ1) is 9.28. The van der Waals surface area contributed by atoms with E-state index in [1.54, 1.807) is 0 Å². The van der Waals surface area contributed by atoms with Crippen molar-refractivity contribution < 1.29 is 9.53 Å². The molecule has 1 saturated heterocycles. The molecule has 0 aliphatic carbocycles. The Morgan fingerprint density at radius 2 is 1.84 bits per heavy atom. The first-order valence-corrected chi connectivity index (χ1v) is 7.01. The van der Waals surface area contributed by atoms with E-state index < -0.39 is 0 Å². The Bertz CT molecular complexity index is 197. The molecular weight excluding hydrogens is 244 g/mol. The number of nitrogens with one attached hydrogen (secondary N) is 3. The minimum Gasteiger partial charge on any atom is -0.378 e. The largest absolute Gasteiger partial charge is 0.378 e. The van der Waals surface area contributed by atoms with Gasteiger partial charge in [-0.05, 0) is 47.1 Å². The second-order valence-electron chi connectivity index (χ2n) is 4.59. The molecule has 1 aliphatic heterocycles. The number of carbonyl (C=O) groups is 1. The summed E-state index contributed by atoms with van der Waals surface area (Å²) in [4.78, 5) is 12.4. The number of ether oxygens (including phenoxy) is 1.